The number of aliphatic hydroxyl groups is 1. The number of aromatic nitrogens is 2. The molecular formula is C13H17N3O3. The number of carboxylic acids is 1. The normalized spacial score (nSPS) is 12.5. The lowest BCUT2D eigenvalue weighted by Gasteiger charge is -2.15. The van der Waals surface area contributed by atoms with Gasteiger partial charge >= 0.3 is 5.97 Å². The number of anilines is 1. The Morgan fingerprint density at radius 1 is 1.53 bits per heavy atom. The number of nitrogens with zero attached hydrogens (tertiary/aromatic N) is 2. The summed E-state index contributed by atoms with van der Waals surface area (Å²) < 4.78 is 1.54. The fraction of sp³-hybridized carbons (Fsp3) is 0.385. The van der Waals surface area contributed by atoms with E-state index in [2.05, 4.69) is 10.3 Å². The maximum Gasteiger partial charge on any atom is 0.356 e. The molecule has 19 heavy (non-hydrogen) atoms. The fourth-order valence-corrected chi connectivity index (χ4v) is 2.03. The lowest BCUT2D eigenvalue weighted by atomic mass is 10.1. The van der Waals surface area contributed by atoms with E-state index < -0.39 is 5.97 Å². The minimum Gasteiger partial charge on any atom is -0.476 e. The topological polar surface area (TPSA) is 86.9 Å². The van der Waals surface area contributed by atoms with Crippen molar-refractivity contribution < 1.29 is 15.0 Å². The number of carboxylic acid groups (broad SMARTS) is 1. The molecule has 0 aliphatic carbocycles. The van der Waals surface area contributed by atoms with Crippen LogP contribution in [0.1, 0.15) is 30.3 Å². The van der Waals surface area contributed by atoms with Gasteiger partial charge in [-0.05, 0) is 25.0 Å². The van der Waals surface area contributed by atoms with E-state index in [0.717, 1.165) is 6.42 Å². The van der Waals surface area contributed by atoms with Gasteiger partial charge in [-0.2, -0.15) is 0 Å². The van der Waals surface area contributed by atoms with Crippen molar-refractivity contribution in [3.63, 3.8) is 0 Å². The predicted octanol–water partition coefficient (Wildman–Crippen LogP) is 1.61. The summed E-state index contributed by atoms with van der Waals surface area (Å²) in [4.78, 5) is 15.7. The van der Waals surface area contributed by atoms with Gasteiger partial charge in [-0.25, -0.2) is 9.78 Å². The fourth-order valence-electron chi connectivity index (χ4n) is 2.03. The summed E-state index contributed by atoms with van der Waals surface area (Å²) in [5.74, 6) is -0.681. The molecule has 0 bridgehead atoms. The highest BCUT2D eigenvalue weighted by molar-refractivity contribution is 5.93. The zero-order valence-corrected chi connectivity index (χ0v) is 10.7. The summed E-state index contributed by atoms with van der Waals surface area (Å²) in [6.45, 7) is 2.03. The number of hydrogen-bond donors (Lipinski definition) is 3. The minimum atomic E-state index is -1.03. The first-order valence-corrected chi connectivity index (χ1v) is 6.25. The van der Waals surface area contributed by atoms with E-state index in [0.29, 0.717) is 17.9 Å². The Balaban J connectivity index is 2.41. The molecule has 0 aliphatic heterocycles. The van der Waals surface area contributed by atoms with Gasteiger partial charge in [0.15, 0.2) is 11.5 Å². The van der Waals surface area contributed by atoms with Crippen molar-refractivity contribution in [1.29, 1.82) is 0 Å². The molecule has 2 rings (SSSR count). The lowest BCUT2D eigenvalue weighted by molar-refractivity contribution is 0.0690. The molecule has 1 unspecified atom stereocenters. The van der Waals surface area contributed by atoms with Gasteiger partial charge in [0, 0.05) is 18.8 Å². The number of rotatable bonds is 6. The van der Waals surface area contributed by atoms with Crippen LogP contribution in [0.5, 0.6) is 0 Å². The van der Waals surface area contributed by atoms with E-state index >= 15 is 0 Å². The number of fused-ring (bicyclic) bond motifs is 1. The Labute approximate surface area is 110 Å². The van der Waals surface area contributed by atoms with Crippen LogP contribution in [0.15, 0.2) is 24.4 Å². The molecule has 0 spiro atoms. The van der Waals surface area contributed by atoms with E-state index in [4.69, 9.17) is 5.11 Å². The Bertz CT molecular complexity index is 580. The van der Waals surface area contributed by atoms with E-state index in [9.17, 15) is 9.90 Å². The first-order chi connectivity index (χ1) is 9.17. The van der Waals surface area contributed by atoms with Crippen LogP contribution in [0.3, 0.4) is 0 Å². The Morgan fingerprint density at radius 2 is 2.32 bits per heavy atom. The molecule has 0 aromatic carbocycles. The van der Waals surface area contributed by atoms with Crippen molar-refractivity contribution in [3.8, 4) is 0 Å². The number of aromatic carboxylic acids is 1. The van der Waals surface area contributed by atoms with Gasteiger partial charge < -0.3 is 15.5 Å². The third kappa shape index (κ3) is 2.68. The molecule has 2 aromatic rings. The highest BCUT2D eigenvalue weighted by Crippen LogP contribution is 2.19. The Hall–Kier alpha value is -2.08. The van der Waals surface area contributed by atoms with Crippen LogP contribution >= 0.6 is 0 Å². The molecule has 6 nitrogen and oxygen atoms in total. The van der Waals surface area contributed by atoms with E-state index in [-0.39, 0.29) is 18.3 Å². The van der Waals surface area contributed by atoms with Crippen LogP contribution in [0.2, 0.25) is 0 Å². The molecular weight excluding hydrogens is 246 g/mol. The molecule has 6 heteroatoms. The monoisotopic (exact) mass is 263 g/mol. The third-order valence-corrected chi connectivity index (χ3v) is 3.04. The second-order valence-electron chi connectivity index (χ2n) is 4.30. The zero-order chi connectivity index (χ0) is 13.8. The van der Waals surface area contributed by atoms with Crippen molar-refractivity contribution in [2.75, 3.05) is 11.9 Å². The van der Waals surface area contributed by atoms with Gasteiger partial charge in [0.2, 0.25) is 0 Å². The molecule has 0 aliphatic rings. The molecule has 1 atom stereocenters. The van der Waals surface area contributed by atoms with Crippen molar-refractivity contribution in [1.82, 2.24) is 9.38 Å². The van der Waals surface area contributed by atoms with Gasteiger partial charge in [-0.3, -0.25) is 4.40 Å². The second-order valence-corrected chi connectivity index (χ2v) is 4.30. The quantitative estimate of drug-likeness (QED) is 0.737. The third-order valence-electron chi connectivity index (χ3n) is 3.04. The van der Waals surface area contributed by atoms with Crippen LogP contribution in [0, 0.1) is 0 Å². The van der Waals surface area contributed by atoms with Crippen LogP contribution in [-0.4, -0.2) is 38.2 Å². The van der Waals surface area contributed by atoms with Gasteiger partial charge in [0.25, 0.3) is 0 Å². The number of aliphatic hydroxyl groups excluding tert-OH is 1. The molecule has 102 valence electrons. The number of hydrogen-bond acceptors (Lipinski definition) is 4. The van der Waals surface area contributed by atoms with Crippen molar-refractivity contribution in [3.05, 3.63) is 30.1 Å². The van der Waals surface area contributed by atoms with Gasteiger partial charge in [-0.15, -0.1) is 0 Å². The molecule has 0 amide bonds. The predicted molar refractivity (Wildman–Crippen MR) is 71.6 cm³/mol. The first-order valence-electron chi connectivity index (χ1n) is 6.25. The molecule has 2 heterocycles. The van der Waals surface area contributed by atoms with Gasteiger partial charge in [-0.1, -0.05) is 13.0 Å². The van der Waals surface area contributed by atoms with Crippen LogP contribution in [-0.2, 0) is 0 Å². The van der Waals surface area contributed by atoms with E-state index in [1.54, 1.807) is 18.3 Å². The molecule has 0 radical (unpaired) electrons. The minimum absolute atomic E-state index is 0.00742. The lowest BCUT2D eigenvalue weighted by Crippen LogP contribution is -2.21. The standard InChI is InChI=1S/C13H17N3O3/c1-2-9(6-8-17)14-12-11(13(18)19)16-7-4-3-5-10(16)15-12/h3-5,7,9,14,17H,2,6,8H2,1H3,(H,18,19). The average molecular weight is 263 g/mol. The van der Waals surface area contributed by atoms with Crippen molar-refractivity contribution >= 4 is 17.4 Å². The summed E-state index contributed by atoms with van der Waals surface area (Å²) >= 11 is 0. The smallest absolute Gasteiger partial charge is 0.356 e. The maximum atomic E-state index is 11.4. The van der Waals surface area contributed by atoms with Gasteiger partial charge in [0.05, 0.1) is 0 Å². The van der Waals surface area contributed by atoms with Crippen molar-refractivity contribution in [2.45, 2.75) is 25.8 Å². The van der Waals surface area contributed by atoms with Crippen LogP contribution < -0.4 is 5.32 Å². The highest BCUT2D eigenvalue weighted by atomic mass is 16.4. The van der Waals surface area contributed by atoms with Crippen molar-refractivity contribution in [2.24, 2.45) is 0 Å². The highest BCUT2D eigenvalue weighted by Gasteiger charge is 2.20. The summed E-state index contributed by atoms with van der Waals surface area (Å²) in [6.07, 6.45) is 3.01. The SMILES string of the molecule is CCC(CCO)Nc1nc2ccccn2c1C(=O)O. The molecule has 3 N–H and O–H groups in total. The zero-order valence-electron chi connectivity index (χ0n) is 10.7. The summed E-state index contributed by atoms with van der Waals surface area (Å²) in [6, 6.07) is 5.33. The Morgan fingerprint density at radius 3 is 2.95 bits per heavy atom. The number of nitrogens with one attached hydrogen (secondary N) is 1. The van der Waals surface area contributed by atoms with E-state index in [1.807, 2.05) is 13.0 Å². The van der Waals surface area contributed by atoms with Crippen LogP contribution in [0.25, 0.3) is 5.65 Å². The summed E-state index contributed by atoms with van der Waals surface area (Å²) in [5, 5.41) is 21.4. The van der Waals surface area contributed by atoms with Crippen LogP contribution in [0.4, 0.5) is 5.82 Å². The second kappa shape index (κ2) is 5.71. The Kier molecular flexibility index (Phi) is 4.01. The first kappa shape index (κ1) is 13.4. The molecule has 0 fully saturated rings. The van der Waals surface area contributed by atoms with E-state index in [1.165, 1.54) is 4.40 Å². The largest absolute Gasteiger partial charge is 0.476 e. The number of imidazole rings is 1. The number of pyridine rings is 1. The summed E-state index contributed by atoms with van der Waals surface area (Å²) in [5.41, 5.74) is 0.702. The molecule has 0 saturated carbocycles. The summed E-state index contributed by atoms with van der Waals surface area (Å²) in [7, 11) is 0. The number of carbonyl (C=O) groups is 1. The maximum absolute atomic E-state index is 11.4. The van der Waals surface area contributed by atoms with Gasteiger partial charge in [0.1, 0.15) is 5.65 Å². The average Bonchev–Trinajstić information content (AvgIpc) is 2.76. The molecule has 0 saturated heterocycles. The molecule has 2 aromatic heterocycles.